The van der Waals surface area contributed by atoms with Crippen LogP contribution < -0.4 is 15.8 Å². The number of sulfonamides is 1. The van der Waals surface area contributed by atoms with Gasteiger partial charge in [-0.15, -0.1) is 0 Å². The van der Waals surface area contributed by atoms with Gasteiger partial charge in [0.05, 0.1) is 11.0 Å². The Morgan fingerprint density at radius 3 is 2.63 bits per heavy atom. The number of nitrogen functional groups attached to an aromatic ring is 1. The molecule has 1 atom stereocenters. The van der Waals surface area contributed by atoms with Crippen LogP contribution in [0.2, 0.25) is 0 Å². The largest absolute Gasteiger partial charge is 0.399 e. The Balaban J connectivity index is 1.66. The molecule has 27 heavy (non-hydrogen) atoms. The number of aryl methyl sites for hydroxylation is 1. The van der Waals surface area contributed by atoms with Crippen LogP contribution in [-0.4, -0.2) is 33.6 Å². The predicted octanol–water partition coefficient (Wildman–Crippen LogP) is 2.29. The van der Waals surface area contributed by atoms with E-state index in [2.05, 4.69) is 10.0 Å². The van der Waals surface area contributed by atoms with Crippen molar-refractivity contribution in [1.82, 2.24) is 4.72 Å². The van der Waals surface area contributed by atoms with Crippen LogP contribution in [0.1, 0.15) is 28.8 Å². The molecule has 0 radical (unpaired) electrons. The van der Waals surface area contributed by atoms with Gasteiger partial charge in [-0.2, -0.15) is 0 Å². The molecule has 1 heterocycles. The number of ether oxygens (including phenoxy) is 1. The van der Waals surface area contributed by atoms with Crippen molar-refractivity contribution in [1.29, 1.82) is 0 Å². The molecule has 3 rings (SSSR count). The van der Waals surface area contributed by atoms with Gasteiger partial charge in [-0.05, 0) is 61.7 Å². The van der Waals surface area contributed by atoms with Gasteiger partial charge in [-0.1, -0.05) is 6.07 Å². The lowest BCUT2D eigenvalue weighted by Gasteiger charge is -2.12. The van der Waals surface area contributed by atoms with Crippen LogP contribution in [0.3, 0.4) is 0 Å². The first-order chi connectivity index (χ1) is 12.8. The molecule has 0 aliphatic carbocycles. The van der Waals surface area contributed by atoms with Gasteiger partial charge in [-0.25, -0.2) is 13.1 Å². The van der Waals surface area contributed by atoms with E-state index >= 15 is 0 Å². The maximum atomic E-state index is 12.4. The Kier molecular flexibility index (Phi) is 5.79. The van der Waals surface area contributed by atoms with Crippen LogP contribution in [0.4, 0.5) is 11.4 Å². The fourth-order valence-corrected chi connectivity index (χ4v) is 3.91. The molecule has 0 aromatic heterocycles. The van der Waals surface area contributed by atoms with E-state index in [1.807, 2.05) is 13.0 Å². The van der Waals surface area contributed by atoms with E-state index in [9.17, 15) is 13.2 Å². The average molecular weight is 389 g/mol. The first-order valence-corrected chi connectivity index (χ1v) is 10.2. The molecule has 1 aliphatic rings. The fraction of sp³-hybridized carbons (Fsp3) is 0.316. The number of nitrogens with two attached hydrogens (primary N) is 1. The normalized spacial score (nSPS) is 17.0. The number of rotatable bonds is 6. The number of amides is 1. The first kappa shape index (κ1) is 19.3. The first-order valence-electron chi connectivity index (χ1n) is 8.74. The summed E-state index contributed by atoms with van der Waals surface area (Å²) in [4.78, 5) is 12.5. The Morgan fingerprint density at radius 2 is 1.96 bits per heavy atom. The molecule has 7 nitrogen and oxygen atoms in total. The van der Waals surface area contributed by atoms with Crippen molar-refractivity contribution < 1.29 is 17.9 Å². The van der Waals surface area contributed by atoms with Crippen molar-refractivity contribution in [3.8, 4) is 0 Å². The van der Waals surface area contributed by atoms with Gasteiger partial charge in [0.2, 0.25) is 10.0 Å². The summed E-state index contributed by atoms with van der Waals surface area (Å²) in [5, 5.41) is 2.79. The van der Waals surface area contributed by atoms with Crippen molar-refractivity contribution in [3.63, 3.8) is 0 Å². The Bertz CT molecular complexity index is 920. The SMILES string of the molecule is Cc1ccc(N)cc1NC(=O)c1ccc(S(=O)(=O)NCC2CCCO2)cc1. The van der Waals surface area contributed by atoms with Crippen LogP contribution in [0, 0.1) is 6.92 Å². The number of hydrogen-bond acceptors (Lipinski definition) is 5. The van der Waals surface area contributed by atoms with Crippen molar-refractivity contribution in [2.24, 2.45) is 0 Å². The molecule has 0 spiro atoms. The van der Waals surface area contributed by atoms with Crippen molar-refractivity contribution >= 4 is 27.3 Å². The minimum Gasteiger partial charge on any atom is -0.399 e. The fourth-order valence-electron chi connectivity index (χ4n) is 2.85. The molecule has 1 saturated heterocycles. The van der Waals surface area contributed by atoms with E-state index < -0.39 is 10.0 Å². The highest BCUT2D eigenvalue weighted by molar-refractivity contribution is 7.89. The van der Waals surface area contributed by atoms with Gasteiger partial charge in [-0.3, -0.25) is 4.79 Å². The van der Waals surface area contributed by atoms with Gasteiger partial charge >= 0.3 is 0 Å². The van der Waals surface area contributed by atoms with E-state index in [1.165, 1.54) is 24.3 Å². The molecule has 2 aromatic rings. The molecule has 1 unspecified atom stereocenters. The molecule has 144 valence electrons. The quantitative estimate of drug-likeness (QED) is 0.657. The summed E-state index contributed by atoms with van der Waals surface area (Å²) >= 11 is 0. The third-order valence-corrected chi connectivity index (χ3v) is 5.90. The van der Waals surface area contributed by atoms with Crippen LogP contribution in [-0.2, 0) is 14.8 Å². The van der Waals surface area contributed by atoms with Crippen LogP contribution in [0.5, 0.6) is 0 Å². The van der Waals surface area contributed by atoms with Crippen molar-refractivity contribution in [2.75, 3.05) is 24.2 Å². The van der Waals surface area contributed by atoms with E-state index in [0.717, 1.165) is 18.4 Å². The molecule has 4 N–H and O–H groups in total. The smallest absolute Gasteiger partial charge is 0.255 e. The zero-order chi connectivity index (χ0) is 19.4. The van der Waals surface area contributed by atoms with Gasteiger partial charge in [0.25, 0.3) is 5.91 Å². The van der Waals surface area contributed by atoms with Crippen molar-refractivity contribution in [2.45, 2.75) is 30.8 Å². The van der Waals surface area contributed by atoms with Gasteiger partial charge in [0, 0.05) is 30.1 Å². The third-order valence-electron chi connectivity index (χ3n) is 4.46. The number of benzene rings is 2. The van der Waals surface area contributed by atoms with E-state index in [0.29, 0.717) is 23.5 Å². The summed E-state index contributed by atoms with van der Waals surface area (Å²) in [5.41, 5.74) is 8.16. The molecular formula is C19H23N3O4S. The molecule has 0 saturated carbocycles. The van der Waals surface area contributed by atoms with E-state index in [1.54, 1.807) is 12.1 Å². The number of carbonyl (C=O) groups is 1. The molecule has 0 bridgehead atoms. The Hall–Kier alpha value is -2.42. The zero-order valence-corrected chi connectivity index (χ0v) is 15.9. The minimum atomic E-state index is -3.64. The molecule has 2 aromatic carbocycles. The number of anilines is 2. The third kappa shape index (κ3) is 4.85. The number of carbonyl (C=O) groups excluding carboxylic acids is 1. The highest BCUT2D eigenvalue weighted by Crippen LogP contribution is 2.20. The van der Waals surface area contributed by atoms with E-state index in [4.69, 9.17) is 10.5 Å². The summed E-state index contributed by atoms with van der Waals surface area (Å²) in [6, 6.07) is 11.1. The lowest BCUT2D eigenvalue weighted by molar-refractivity contribution is 0.102. The molecule has 8 heteroatoms. The van der Waals surface area contributed by atoms with Gasteiger partial charge in [0.1, 0.15) is 0 Å². The van der Waals surface area contributed by atoms with E-state index in [-0.39, 0.29) is 23.5 Å². The molecule has 1 fully saturated rings. The number of hydrogen-bond donors (Lipinski definition) is 3. The highest BCUT2D eigenvalue weighted by atomic mass is 32.2. The topological polar surface area (TPSA) is 111 Å². The average Bonchev–Trinajstić information content (AvgIpc) is 3.17. The lowest BCUT2D eigenvalue weighted by atomic mass is 10.1. The zero-order valence-electron chi connectivity index (χ0n) is 15.1. The Labute approximate surface area is 159 Å². The highest BCUT2D eigenvalue weighted by Gasteiger charge is 2.20. The predicted molar refractivity (Wildman–Crippen MR) is 104 cm³/mol. The second kappa shape index (κ2) is 8.08. The summed E-state index contributed by atoms with van der Waals surface area (Å²) in [6.07, 6.45) is 1.72. The summed E-state index contributed by atoms with van der Waals surface area (Å²) in [7, 11) is -3.64. The second-order valence-corrected chi connectivity index (χ2v) is 8.31. The number of nitrogens with one attached hydrogen (secondary N) is 2. The standard InChI is InChI=1S/C19H23N3O4S/c1-13-4-7-15(20)11-18(13)22-19(23)14-5-8-17(9-6-14)27(24,25)21-12-16-3-2-10-26-16/h4-9,11,16,21H,2-3,10,12,20H2,1H3,(H,22,23). The minimum absolute atomic E-state index is 0.0774. The van der Waals surface area contributed by atoms with Crippen LogP contribution >= 0.6 is 0 Å². The van der Waals surface area contributed by atoms with Gasteiger partial charge in [0.15, 0.2) is 0 Å². The van der Waals surface area contributed by atoms with Gasteiger partial charge < -0.3 is 15.8 Å². The summed E-state index contributed by atoms with van der Waals surface area (Å²) < 4.78 is 32.7. The summed E-state index contributed by atoms with van der Waals surface area (Å²) in [6.45, 7) is 2.78. The maximum absolute atomic E-state index is 12.4. The Morgan fingerprint density at radius 1 is 1.22 bits per heavy atom. The maximum Gasteiger partial charge on any atom is 0.255 e. The monoisotopic (exact) mass is 389 g/mol. The molecule has 1 amide bonds. The molecule has 1 aliphatic heterocycles. The molecular weight excluding hydrogens is 366 g/mol. The van der Waals surface area contributed by atoms with Crippen LogP contribution in [0.25, 0.3) is 0 Å². The van der Waals surface area contributed by atoms with Crippen LogP contribution in [0.15, 0.2) is 47.4 Å². The van der Waals surface area contributed by atoms with Crippen molar-refractivity contribution in [3.05, 3.63) is 53.6 Å². The second-order valence-electron chi connectivity index (χ2n) is 6.54. The summed E-state index contributed by atoms with van der Waals surface area (Å²) in [5.74, 6) is -0.333. The lowest BCUT2D eigenvalue weighted by Crippen LogP contribution is -2.31.